The molecule has 0 atom stereocenters. The lowest BCUT2D eigenvalue weighted by Crippen LogP contribution is -2.40. The zero-order chi connectivity index (χ0) is 15.4. The van der Waals surface area contributed by atoms with Gasteiger partial charge in [0.25, 0.3) is 0 Å². The van der Waals surface area contributed by atoms with Gasteiger partial charge in [-0.05, 0) is 31.4 Å². The van der Waals surface area contributed by atoms with Crippen LogP contribution in [0.25, 0.3) is 0 Å². The van der Waals surface area contributed by atoms with Gasteiger partial charge in [-0.15, -0.1) is 0 Å². The van der Waals surface area contributed by atoms with Crippen molar-refractivity contribution in [1.29, 1.82) is 0 Å². The van der Waals surface area contributed by atoms with Crippen LogP contribution < -0.4 is 4.90 Å². The number of halogens is 1. The number of rotatable bonds is 5. The summed E-state index contributed by atoms with van der Waals surface area (Å²) >= 11 is 5.88. The summed E-state index contributed by atoms with van der Waals surface area (Å²) in [4.78, 5) is 20.6. The van der Waals surface area contributed by atoms with Crippen molar-refractivity contribution in [3.63, 3.8) is 0 Å². The van der Waals surface area contributed by atoms with E-state index in [0.29, 0.717) is 6.54 Å². The van der Waals surface area contributed by atoms with Gasteiger partial charge in [0.05, 0.1) is 11.5 Å². The van der Waals surface area contributed by atoms with Crippen molar-refractivity contribution < 1.29 is 10.0 Å². The van der Waals surface area contributed by atoms with Crippen LogP contribution in [0.1, 0.15) is 37.8 Å². The zero-order valence-corrected chi connectivity index (χ0v) is 12.7. The summed E-state index contributed by atoms with van der Waals surface area (Å²) in [5.41, 5.74) is 0.118. The summed E-state index contributed by atoms with van der Waals surface area (Å²) in [5, 5.41) is 20.6. The molecule has 0 saturated heterocycles. The van der Waals surface area contributed by atoms with Gasteiger partial charge in [0.15, 0.2) is 0 Å². The molecule has 1 saturated carbocycles. The molecule has 1 aliphatic carbocycles. The molecule has 1 aliphatic rings. The predicted octanol–water partition coefficient (Wildman–Crippen LogP) is 2.48. The van der Waals surface area contributed by atoms with E-state index in [1.54, 1.807) is 6.92 Å². The molecule has 8 heteroatoms. The van der Waals surface area contributed by atoms with E-state index >= 15 is 0 Å². The van der Waals surface area contributed by atoms with E-state index in [2.05, 4.69) is 9.97 Å². The molecule has 0 aliphatic heterocycles. The molecular weight excluding hydrogens is 296 g/mol. The predicted molar refractivity (Wildman–Crippen MR) is 79.7 cm³/mol. The number of hydrogen-bond donors (Lipinski definition) is 1. The minimum Gasteiger partial charge on any atom is -0.395 e. The van der Waals surface area contributed by atoms with E-state index in [4.69, 9.17) is 11.6 Å². The summed E-state index contributed by atoms with van der Waals surface area (Å²) in [7, 11) is 0. The third-order valence-corrected chi connectivity index (χ3v) is 3.99. The summed E-state index contributed by atoms with van der Waals surface area (Å²) in [6.45, 7) is 1.76. The number of hydrogen-bond acceptors (Lipinski definition) is 6. The van der Waals surface area contributed by atoms with E-state index in [0.717, 1.165) is 25.7 Å². The second-order valence-electron chi connectivity index (χ2n) is 5.22. The van der Waals surface area contributed by atoms with Gasteiger partial charge >= 0.3 is 5.69 Å². The Bertz CT molecular complexity index is 520. The molecule has 0 spiro atoms. The molecule has 0 unspecified atom stereocenters. The van der Waals surface area contributed by atoms with Gasteiger partial charge in [-0.2, -0.15) is 4.98 Å². The molecule has 21 heavy (non-hydrogen) atoms. The van der Waals surface area contributed by atoms with Crippen LogP contribution in [-0.4, -0.2) is 39.2 Å². The fourth-order valence-electron chi connectivity index (χ4n) is 2.89. The first-order valence-corrected chi connectivity index (χ1v) is 7.48. The maximum absolute atomic E-state index is 11.3. The van der Waals surface area contributed by atoms with Gasteiger partial charge in [0.1, 0.15) is 5.69 Å². The standard InChI is InChI=1S/C13H19ClN4O3/c1-9-11(18(20)21)12(16-13(14)15-9)17(7-8-19)10-5-3-2-4-6-10/h10,19H,2-8H2,1H3. The van der Waals surface area contributed by atoms with Crippen LogP contribution in [-0.2, 0) is 0 Å². The monoisotopic (exact) mass is 314 g/mol. The lowest BCUT2D eigenvalue weighted by molar-refractivity contribution is -0.385. The van der Waals surface area contributed by atoms with Gasteiger partial charge in [0.2, 0.25) is 11.1 Å². The van der Waals surface area contributed by atoms with Gasteiger partial charge in [0, 0.05) is 12.6 Å². The average Bonchev–Trinajstić information content (AvgIpc) is 2.44. The summed E-state index contributed by atoms with van der Waals surface area (Å²) in [6.07, 6.45) is 5.22. The SMILES string of the molecule is Cc1nc(Cl)nc(N(CCO)C2CCCCC2)c1[N+](=O)[O-]. The van der Waals surface area contributed by atoms with Crippen molar-refractivity contribution in [1.82, 2.24) is 9.97 Å². The van der Waals surface area contributed by atoms with Gasteiger partial charge in [-0.1, -0.05) is 19.3 Å². The molecule has 1 heterocycles. The lowest BCUT2D eigenvalue weighted by Gasteiger charge is -2.34. The first-order chi connectivity index (χ1) is 10.0. The number of nitrogens with zero attached hydrogens (tertiary/aromatic N) is 4. The summed E-state index contributed by atoms with van der Waals surface area (Å²) in [5.74, 6) is 0.221. The molecule has 1 aromatic rings. The number of nitro groups is 1. The number of aliphatic hydroxyl groups excluding tert-OH is 1. The number of aryl methyl sites for hydroxylation is 1. The molecule has 0 amide bonds. The maximum atomic E-state index is 11.3. The average molecular weight is 315 g/mol. The van der Waals surface area contributed by atoms with Gasteiger partial charge in [-0.25, -0.2) is 4.98 Å². The maximum Gasteiger partial charge on any atom is 0.332 e. The van der Waals surface area contributed by atoms with Crippen molar-refractivity contribution in [3.8, 4) is 0 Å². The molecule has 1 N–H and O–H groups in total. The van der Waals surface area contributed by atoms with Crippen molar-refractivity contribution in [2.75, 3.05) is 18.1 Å². The van der Waals surface area contributed by atoms with Gasteiger partial charge < -0.3 is 10.0 Å². The minimum absolute atomic E-state index is 0.00755. The Morgan fingerprint density at radius 2 is 2.05 bits per heavy atom. The first kappa shape index (κ1) is 15.9. The third-order valence-electron chi connectivity index (χ3n) is 3.82. The smallest absolute Gasteiger partial charge is 0.332 e. The van der Waals surface area contributed by atoms with Crippen LogP contribution in [0.2, 0.25) is 5.28 Å². The van der Waals surface area contributed by atoms with Gasteiger partial charge in [-0.3, -0.25) is 10.1 Å². The zero-order valence-electron chi connectivity index (χ0n) is 12.0. The molecule has 1 aromatic heterocycles. The summed E-state index contributed by atoms with van der Waals surface area (Å²) < 4.78 is 0. The van der Waals surface area contributed by atoms with Crippen molar-refractivity contribution >= 4 is 23.1 Å². The third kappa shape index (κ3) is 3.59. The van der Waals surface area contributed by atoms with Crippen LogP contribution in [0, 0.1) is 17.0 Å². The summed E-state index contributed by atoms with van der Waals surface area (Å²) in [6, 6.07) is 0.148. The van der Waals surface area contributed by atoms with Crippen LogP contribution in [0.5, 0.6) is 0 Å². The molecule has 0 bridgehead atoms. The highest BCUT2D eigenvalue weighted by atomic mass is 35.5. The van der Waals surface area contributed by atoms with E-state index in [-0.39, 0.29) is 35.1 Å². The fraction of sp³-hybridized carbons (Fsp3) is 0.692. The first-order valence-electron chi connectivity index (χ1n) is 7.10. The quantitative estimate of drug-likeness (QED) is 0.510. The van der Waals surface area contributed by atoms with E-state index in [9.17, 15) is 15.2 Å². The fourth-order valence-corrected chi connectivity index (χ4v) is 3.10. The van der Waals surface area contributed by atoms with Crippen molar-refractivity contribution in [2.24, 2.45) is 0 Å². The molecule has 0 aromatic carbocycles. The molecule has 1 fully saturated rings. The molecule has 116 valence electrons. The Hall–Kier alpha value is -1.47. The van der Waals surface area contributed by atoms with Crippen LogP contribution in [0.3, 0.4) is 0 Å². The largest absolute Gasteiger partial charge is 0.395 e. The molecule has 0 radical (unpaired) electrons. The van der Waals surface area contributed by atoms with E-state index in [1.165, 1.54) is 6.42 Å². The second-order valence-corrected chi connectivity index (χ2v) is 5.55. The lowest BCUT2D eigenvalue weighted by atomic mass is 9.94. The van der Waals surface area contributed by atoms with Crippen LogP contribution in [0.4, 0.5) is 11.5 Å². The Kier molecular flexibility index (Phi) is 5.30. The van der Waals surface area contributed by atoms with E-state index < -0.39 is 4.92 Å². The Morgan fingerprint density at radius 1 is 1.38 bits per heavy atom. The molecular formula is C13H19ClN4O3. The second kappa shape index (κ2) is 7.00. The highest BCUT2D eigenvalue weighted by Gasteiger charge is 2.30. The highest BCUT2D eigenvalue weighted by Crippen LogP contribution is 2.34. The van der Waals surface area contributed by atoms with Crippen molar-refractivity contribution in [3.05, 3.63) is 21.1 Å². The van der Waals surface area contributed by atoms with Crippen molar-refractivity contribution in [2.45, 2.75) is 45.1 Å². The molecule has 7 nitrogen and oxygen atoms in total. The van der Waals surface area contributed by atoms with E-state index in [1.807, 2.05) is 4.90 Å². The number of aliphatic hydroxyl groups is 1. The Labute approximate surface area is 128 Å². The topological polar surface area (TPSA) is 92.4 Å². The minimum atomic E-state index is -0.478. The Balaban J connectivity index is 2.45. The molecule has 2 rings (SSSR count). The van der Waals surface area contributed by atoms with Crippen LogP contribution in [0.15, 0.2) is 0 Å². The Morgan fingerprint density at radius 3 is 2.62 bits per heavy atom. The van der Waals surface area contributed by atoms with Crippen LogP contribution >= 0.6 is 11.6 Å². The normalized spacial score (nSPS) is 16.0. The number of aromatic nitrogens is 2. The number of anilines is 1. The highest BCUT2D eigenvalue weighted by molar-refractivity contribution is 6.28.